The average molecular weight is 205 g/mol. The van der Waals surface area contributed by atoms with Crippen LogP contribution in [-0.4, -0.2) is 4.40 Å². The molecular formula is C15H11N. The maximum atomic E-state index is 2.36. The zero-order valence-corrected chi connectivity index (χ0v) is 9.07. The molecule has 16 heavy (non-hydrogen) atoms. The Labute approximate surface area is 93.3 Å². The zero-order chi connectivity index (χ0) is 10.7. The molecule has 0 aliphatic carbocycles. The minimum atomic E-state index is 1.27. The van der Waals surface area contributed by atoms with Gasteiger partial charge in [-0.3, -0.25) is 0 Å². The number of aromatic nitrogens is 1. The number of hydrogen-bond acceptors (Lipinski definition) is 0. The minimum Gasteiger partial charge on any atom is -0.309 e. The van der Waals surface area contributed by atoms with Gasteiger partial charge in [0.2, 0.25) is 0 Å². The number of pyridine rings is 3. The fourth-order valence-electron chi connectivity index (χ4n) is 2.65. The Morgan fingerprint density at radius 1 is 0.750 bits per heavy atom. The lowest BCUT2D eigenvalue weighted by atomic mass is 10.1. The smallest absolute Gasteiger partial charge is 0.0606 e. The van der Waals surface area contributed by atoms with Crippen LogP contribution in [0.2, 0.25) is 0 Å². The lowest BCUT2D eigenvalue weighted by molar-refractivity contribution is 1.27. The van der Waals surface area contributed by atoms with Crippen molar-refractivity contribution in [3.63, 3.8) is 0 Å². The third-order valence-corrected chi connectivity index (χ3v) is 3.47. The SMILES string of the molecule is Cc1ccc2ccc3ccc4ccc1n2c34. The van der Waals surface area contributed by atoms with Gasteiger partial charge in [-0.05, 0) is 41.5 Å². The number of aryl methyl sites for hydroxylation is 1. The van der Waals surface area contributed by atoms with Crippen molar-refractivity contribution in [2.75, 3.05) is 0 Å². The molecule has 1 heteroatoms. The largest absolute Gasteiger partial charge is 0.309 e. The maximum absolute atomic E-state index is 2.36. The summed E-state index contributed by atoms with van der Waals surface area (Å²) in [4.78, 5) is 0. The Balaban J connectivity index is 2.51. The quantitative estimate of drug-likeness (QED) is 0.409. The van der Waals surface area contributed by atoms with Crippen LogP contribution < -0.4 is 0 Å². The second kappa shape index (κ2) is 2.56. The molecule has 1 aromatic carbocycles. The van der Waals surface area contributed by atoms with E-state index in [1.165, 1.54) is 32.9 Å². The van der Waals surface area contributed by atoms with Crippen LogP contribution in [0, 0.1) is 6.92 Å². The molecule has 0 amide bonds. The highest BCUT2D eigenvalue weighted by Crippen LogP contribution is 2.28. The van der Waals surface area contributed by atoms with Gasteiger partial charge in [0, 0.05) is 11.0 Å². The first-order valence-electron chi connectivity index (χ1n) is 5.56. The summed E-state index contributed by atoms with van der Waals surface area (Å²) in [5.41, 5.74) is 5.25. The van der Waals surface area contributed by atoms with Gasteiger partial charge in [0.05, 0.1) is 5.52 Å². The molecule has 1 nitrogen and oxygen atoms in total. The van der Waals surface area contributed by atoms with Gasteiger partial charge >= 0.3 is 0 Å². The van der Waals surface area contributed by atoms with Crippen LogP contribution in [0.4, 0.5) is 0 Å². The molecule has 0 unspecified atom stereocenters. The molecule has 0 atom stereocenters. The van der Waals surface area contributed by atoms with E-state index < -0.39 is 0 Å². The highest BCUT2D eigenvalue weighted by molar-refractivity contribution is 6.01. The fraction of sp³-hybridized carbons (Fsp3) is 0.0667. The number of hydrogen-bond donors (Lipinski definition) is 0. The summed E-state index contributed by atoms with van der Waals surface area (Å²) in [5.74, 6) is 0. The lowest BCUT2D eigenvalue weighted by Gasteiger charge is -2.11. The first kappa shape index (κ1) is 8.17. The molecule has 0 spiro atoms. The zero-order valence-electron chi connectivity index (χ0n) is 9.07. The van der Waals surface area contributed by atoms with Crippen molar-refractivity contribution in [1.82, 2.24) is 4.40 Å². The van der Waals surface area contributed by atoms with Gasteiger partial charge in [-0.15, -0.1) is 0 Å². The molecule has 0 fully saturated rings. The molecule has 0 saturated heterocycles. The van der Waals surface area contributed by atoms with Crippen LogP contribution in [0.5, 0.6) is 0 Å². The van der Waals surface area contributed by atoms with Crippen molar-refractivity contribution >= 4 is 27.3 Å². The molecule has 0 aliphatic heterocycles. The molecule has 3 heterocycles. The van der Waals surface area contributed by atoms with E-state index in [9.17, 15) is 0 Å². The summed E-state index contributed by atoms with van der Waals surface area (Å²) in [6.45, 7) is 2.17. The fourth-order valence-corrected chi connectivity index (χ4v) is 2.65. The van der Waals surface area contributed by atoms with E-state index in [1.54, 1.807) is 0 Å². The molecule has 3 aromatic heterocycles. The lowest BCUT2D eigenvalue weighted by Crippen LogP contribution is -1.94. The van der Waals surface area contributed by atoms with E-state index in [1.807, 2.05) is 0 Å². The Morgan fingerprint density at radius 2 is 1.38 bits per heavy atom. The Hall–Kier alpha value is -2.02. The molecule has 4 aromatic rings. The van der Waals surface area contributed by atoms with Crippen molar-refractivity contribution in [3.05, 3.63) is 54.1 Å². The summed E-state index contributed by atoms with van der Waals surface area (Å²) in [7, 11) is 0. The second-order valence-corrected chi connectivity index (χ2v) is 4.42. The van der Waals surface area contributed by atoms with Gasteiger partial charge in [0.15, 0.2) is 0 Å². The topological polar surface area (TPSA) is 4.41 Å². The van der Waals surface area contributed by atoms with Gasteiger partial charge in [-0.25, -0.2) is 0 Å². The van der Waals surface area contributed by atoms with Crippen molar-refractivity contribution in [2.24, 2.45) is 0 Å². The first-order valence-corrected chi connectivity index (χ1v) is 5.56. The van der Waals surface area contributed by atoms with Crippen molar-refractivity contribution < 1.29 is 0 Å². The highest BCUT2D eigenvalue weighted by Gasteiger charge is 2.07. The molecule has 4 rings (SSSR count). The maximum Gasteiger partial charge on any atom is 0.0606 e. The van der Waals surface area contributed by atoms with Crippen molar-refractivity contribution in [3.8, 4) is 0 Å². The van der Waals surface area contributed by atoms with E-state index in [0.29, 0.717) is 0 Å². The van der Waals surface area contributed by atoms with Crippen LogP contribution in [0.25, 0.3) is 27.3 Å². The average Bonchev–Trinajstić information content (AvgIpc) is 2.73. The van der Waals surface area contributed by atoms with E-state index in [0.717, 1.165) is 0 Å². The third-order valence-electron chi connectivity index (χ3n) is 3.47. The summed E-state index contributed by atoms with van der Waals surface area (Å²) in [6, 6.07) is 17.6. The van der Waals surface area contributed by atoms with Crippen LogP contribution >= 0.6 is 0 Å². The molecule has 0 bridgehead atoms. The Bertz CT molecular complexity index is 793. The molecule has 0 N–H and O–H groups in total. The summed E-state index contributed by atoms with van der Waals surface area (Å²) in [5, 5.41) is 2.65. The van der Waals surface area contributed by atoms with Crippen molar-refractivity contribution in [1.29, 1.82) is 0 Å². The number of nitrogens with zero attached hydrogens (tertiary/aromatic N) is 1. The van der Waals surface area contributed by atoms with Crippen LogP contribution in [0.1, 0.15) is 5.56 Å². The third kappa shape index (κ3) is 0.820. The van der Waals surface area contributed by atoms with E-state index in [4.69, 9.17) is 0 Å². The van der Waals surface area contributed by atoms with Gasteiger partial charge in [-0.1, -0.05) is 30.3 Å². The highest BCUT2D eigenvalue weighted by atomic mass is 14.9. The van der Waals surface area contributed by atoms with Crippen LogP contribution in [-0.2, 0) is 0 Å². The normalized spacial score (nSPS) is 12.1. The van der Waals surface area contributed by atoms with E-state index in [-0.39, 0.29) is 0 Å². The van der Waals surface area contributed by atoms with Gasteiger partial charge in [0.1, 0.15) is 0 Å². The second-order valence-electron chi connectivity index (χ2n) is 4.42. The van der Waals surface area contributed by atoms with Crippen molar-refractivity contribution in [2.45, 2.75) is 6.92 Å². The molecule has 76 valence electrons. The van der Waals surface area contributed by atoms with Crippen LogP contribution in [0.3, 0.4) is 0 Å². The Morgan fingerprint density at radius 3 is 2.19 bits per heavy atom. The molecule has 0 radical (unpaired) electrons. The van der Waals surface area contributed by atoms with E-state index in [2.05, 4.69) is 59.9 Å². The van der Waals surface area contributed by atoms with E-state index >= 15 is 0 Å². The van der Waals surface area contributed by atoms with Gasteiger partial charge in [0.25, 0.3) is 0 Å². The molecule has 0 aliphatic rings. The predicted molar refractivity (Wildman–Crippen MR) is 68.3 cm³/mol. The summed E-state index contributed by atoms with van der Waals surface area (Å²) < 4.78 is 2.36. The minimum absolute atomic E-state index is 1.27. The summed E-state index contributed by atoms with van der Waals surface area (Å²) in [6.07, 6.45) is 0. The van der Waals surface area contributed by atoms with Crippen LogP contribution in [0.15, 0.2) is 48.5 Å². The first-order chi connectivity index (χ1) is 7.84. The predicted octanol–water partition coefficient (Wildman–Crippen LogP) is 3.99. The number of rotatable bonds is 0. The summed E-state index contributed by atoms with van der Waals surface area (Å²) >= 11 is 0. The standard InChI is InChI=1S/C15H11N/c1-10-2-7-13-8-5-11-3-4-12-6-9-14(10)16(13)15(11)12/h2-9H,1H3. The molecular weight excluding hydrogens is 194 g/mol. The monoisotopic (exact) mass is 205 g/mol. The molecule has 0 saturated carbocycles. The Kier molecular flexibility index (Phi) is 1.31. The van der Waals surface area contributed by atoms with Gasteiger partial charge < -0.3 is 4.40 Å². The van der Waals surface area contributed by atoms with Gasteiger partial charge in [-0.2, -0.15) is 0 Å².